The van der Waals surface area contributed by atoms with Crippen molar-refractivity contribution in [3.8, 4) is 11.6 Å². The first-order valence-corrected chi connectivity index (χ1v) is 6.91. The lowest BCUT2D eigenvalue weighted by Crippen LogP contribution is -2.13. The van der Waals surface area contributed by atoms with Gasteiger partial charge in [0.05, 0.1) is 13.2 Å². The van der Waals surface area contributed by atoms with Crippen LogP contribution in [0.25, 0.3) is 22.6 Å². The molecule has 0 saturated heterocycles. The summed E-state index contributed by atoms with van der Waals surface area (Å²) in [5, 5.41) is 1.06. The molecule has 1 N–H and O–H groups in total. The van der Waals surface area contributed by atoms with Gasteiger partial charge in [0.2, 0.25) is 0 Å². The standard InChI is InChI=1S/C15H12N2O2S/c20-15-10-8-18-6-5-11(10)16-14(17-15)13-7-9-3-1-2-4-12(9)19-13/h1-4,7H,5-6,8H2,(H,16,17,20). The maximum atomic E-state index is 5.83. The minimum Gasteiger partial charge on any atom is -0.453 e. The zero-order chi connectivity index (χ0) is 13.5. The molecule has 0 fully saturated rings. The van der Waals surface area contributed by atoms with Crippen LogP contribution in [0.1, 0.15) is 11.3 Å². The second-order valence-corrected chi connectivity index (χ2v) is 5.19. The summed E-state index contributed by atoms with van der Waals surface area (Å²) in [7, 11) is 0. The normalized spacial score (nSPS) is 14.4. The molecule has 0 aliphatic carbocycles. The van der Waals surface area contributed by atoms with Gasteiger partial charge in [0, 0.05) is 23.1 Å². The van der Waals surface area contributed by atoms with E-state index in [4.69, 9.17) is 21.4 Å². The van der Waals surface area contributed by atoms with Gasteiger partial charge >= 0.3 is 0 Å². The Balaban J connectivity index is 1.89. The molecule has 0 saturated carbocycles. The molecule has 20 heavy (non-hydrogen) atoms. The molecule has 4 rings (SSSR count). The summed E-state index contributed by atoms with van der Waals surface area (Å²) in [4.78, 5) is 7.77. The third-order valence-corrected chi connectivity index (χ3v) is 3.84. The van der Waals surface area contributed by atoms with Crippen LogP contribution in [0.15, 0.2) is 34.7 Å². The maximum Gasteiger partial charge on any atom is 0.175 e. The van der Waals surface area contributed by atoms with Crippen LogP contribution in [0.3, 0.4) is 0 Å². The summed E-state index contributed by atoms with van der Waals surface area (Å²) in [5.41, 5.74) is 2.95. The molecule has 0 radical (unpaired) electrons. The summed E-state index contributed by atoms with van der Waals surface area (Å²) in [5.74, 6) is 1.40. The Hall–Kier alpha value is -1.98. The average molecular weight is 284 g/mol. The van der Waals surface area contributed by atoms with Crippen molar-refractivity contribution in [2.24, 2.45) is 0 Å². The van der Waals surface area contributed by atoms with E-state index in [2.05, 4.69) is 9.97 Å². The van der Waals surface area contributed by atoms with Crippen LogP contribution >= 0.6 is 12.2 Å². The Morgan fingerprint density at radius 1 is 1.25 bits per heavy atom. The Labute approximate surface area is 120 Å². The van der Waals surface area contributed by atoms with Crippen LogP contribution in [-0.2, 0) is 17.8 Å². The van der Waals surface area contributed by atoms with E-state index < -0.39 is 0 Å². The number of H-pyrrole nitrogens is 1. The highest BCUT2D eigenvalue weighted by molar-refractivity contribution is 7.71. The van der Waals surface area contributed by atoms with E-state index in [1.54, 1.807) is 0 Å². The first-order valence-electron chi connectivity index (χ1n) is 6.50. The number of hydrogen-bond donors (Lipinski definition) is 1. The van der Waals surface area contributed by atoms with Crippen LogP contribution in [0.2, 0.25) is 0 Å². The number of rotatable bonds is 1. The molecule has 4 nitrogen and oxygen atoms in total. The number of furan rings is 1. The van der Waals surface area contributed by atoms with Gasteiger partial charge in [0.1, 0.15) is 10.2 Å². The van der Waals surface area contributed by atoms with E-state index in [0.717, 1.165) is 28.6 Å². The molecule has 0 atom stereocenters. The van der Waals surface area contributed by atoms with E-state index in [1.807, 2.05) is 30.3 Å². The monoisotopic (exact) mass is 284 g/mol. The fourth-order valence-corrected chi connectivity index (χ4v) is 2.74. The first kappa shape index (κ1) is 11.8. The van der Waals surface area contributed by atoms with Crippen molar-refractivity contribution in [2.45, 2.75) is 13.0 Å². The molecule has 2 aromatic heterocycles. The lowest BCUT2D eigenvalue weighted by Gasteiger charge is -2.16. The molecular formula is C15H12N2O2S. The quantitative estimate of drug-likeness (QED) is 0.693. The molecule has 0 amide bonds. The number of aromatic amines is 1. The minimum absolute atomic E-state index is 0.540. The largest absolute Gasteiger partial charge is 0.453 e. The highest BCUT2D eigenvalue weighted by Crippen LogP contribution is 2.27. The fraction of sp³-hybridized carbons (Fsp3) is 0.200. The first-order chi connectivity index (χ1) is 9.81. The Morgan fingerprint density at radius 2 is 2.15 bits per heavy atom. The summed E-state index contributed by atoms with van der Waals surface area (Å²) in [6, 6.07) is 9.88. The van der Waals surface area contributed by atoms with Crippen LogP contribution in [-0.4, -0.2) is 16.6 Å². The molecule has 0 bridgehead atoms. The molecule has 0 unspecified atom stereocenters. The molecule has 3 heterocycles. The lowest BCUT2D eigenvalue weighted by atomic mass is 10.1. The van der Waals surface area contributed by atoms with Gasteiger partial charge in [-0.2, -0.15) is 0 Å². The molecule has 1 aliphatic rings. The number of para-hydroxylation sites is 1. The van der Waals surface area contributed by atoms with Gasteiger partial charge in [-0.15, -0.1) is 0 Å². The molecule has 1 aliphatic heterocycles. The summed E-state index contributed by atoms with van der Waals surface area (Å²) >= 11 is 5.35. The maximum absolute atomic E-state index is 5.83. The van der Waals surface area contributed by atoms with Crippen molar-refractivity contribution in [1.82, 2.24) is 9.97 Å². The molecular weight excluding hydrogens is 272 g/mol. The predicted octanol–water partition coefficient (Wildman–Crippen LogP) is 3.63. The number of nitrogens with one attached hydrogen (secondary N) is 1. The fourth-order valence-electron chi connectivity index (χ4n) is 2.47. The summed E-state index contributed by atoms with van der Waals surface area (Å²) in [6.07, 6.45) is 0.828. The third-order valence-electron chi connectivity index (χ3n) is 3.51. The SMILES string of the molecule is S=c1nc(-c2cc3ccccc3o2)[nH]c2c1COCC2. The molecule has 0 spiro atoms. The van der Waals surface area contributed by atoms with Gasteiger partial charge in [-0.3, -0.25) is 0 Å². The predicted molar refractivity (Wildman–Crippen MR) is 78.0 cm³/mol. The van der Waals surface area contributed by atoms with Crippen molar-refractivity contribution in [3.63, 3.8) is 0 Å². The van der Waals surface area contributed by atoms with Gasteiger partial charge in [-0.25, -0.2) is 4.98 Å². The van der Waals surface area contributed by atoms with Gasteiger partial charge in [-0.1, -0.05) is 30.4 Å². The van der Waals surface area contributed by atoms with Crippen molar-refractivity contribution in [1.29, 1.82) is 0 Å². The zero-order valence-corrected chi connectivity index (χ0v) is 11.5. The number of nitrogens with zero attached hydrogens (tertiary/aromatic N) is 1. The second kappa shape index (κ2) is 4.54. The van der Waals surface area contributed by atoms with E-state index in [1.165, 1.54) is 0 Å². The van der Waals surface area contributed by atoms with Crippen molar-refractivity contribution >= 4 is 23.2 Å². The van der Waals surface area contributed by atoms with Gasteiger partial charge < -0.3 is 14.1 Å². The molecule has 100 valence electrons. The lowest BCUT2D eigenvalue weighted by molar-refractivity contribution is 0.108. The third kappa shape index (κ3) is 1.87. The molecule has 1 aromatic carbocycles. The van der Waals surface area contributed by atoms with Crippen molar-refractivity contribution < 1.29 is 9.15 Å². The number of ether oxygens (including phenoxy) is 1. The average Bonchev–Trinajstić information content (AvgIpc) is 2.91. The second-order valence-electron chi connectivity index (χ2n) is 4.80. The summed E-state index contributed by atoms with van der Waals surface area (Å²) < 4.78 is 11.8. The van der Waals surface area contributed by atoms with Crippen molar-refractivity contribution in [3.05, 3.63) is 46.2 Å². The highest BCUT2D eigenvalue weighted by Gasteiger charge is 2.16. The van der Waals surface area contributed by atoms with E-state index in [9.17, 15) is 0 Å². The van der Waals surface area contributed by atoms with Crippen LogP contribution < -0.4 is 0 Å². The Kier molecular flexibility index (Phi) is 2.68. The van der Waals surface area contributed by atoms with E-state index in [-0.39, 0.29) is 0 Å². The Bertz CT molecular complexity index is 817. The number of hydrogen-bond acceptors (Lipinski definition) is 4. The van der Waals surface area contributed by atoms with Crippen LogP contribution in [0.5, 0.6) is 0 Å². The summed E-state index contributed by atoms with van der Waals surface area (Å²) in [6.45, 7) is 1.25. The molecule has 5 heteroatoms. The van der Waals surface area contributed by atoms with Gasteiger partial charge in [0.15, 0.2) is 11.6 Å². The molecule has 3 aromatic rings. The zero-order valence-electron chi connectivity index (χ0n) is 10.7. The number of aromatic nitrogens is 2. The highest BCUT2D eigenvalue weighted by atomic mass is 32.1. The van der Waals surface area contributed by atoms with E-state index in [0.29, 0.717) is 29.4 Å². The van der Waals surface area contributed by atoms with Crippen LogP contribution in [0, 0.1) is 4.64 Å². The van der Waals surface area contributed by atoms with E-state index >= 15 is 0 Å². The van der Waals surface area contributed by atoms with Crippen molar-refractivity contribution in [2.75, 3.05) is 6.61 Å². The number of benzene rings is 1. The topological polar surface area (TPSA) is 51.0 Å². The van der Waals surface area contributed by atoms with Gasteiger partial charge in [0.25, 0.3) is 0 Å². The van der Waals surface area contributed by atoms with Gasteiger partial charge in [-0.05, 0) is 12.1 Å². The minimum atomic E-state index is 0.540. The Morgan fingerprint density at radius 3 is 3.05 bits per heavy atom. The number of fused-ring (bicyclic) bond motifs is 2. The smallest absolute Gasteiger partial charge is 0.175 e. The van der Waals surface area contributed by atoms with Crippen LogP contribution in [0.4, 0.5) is 0 Å².